The molecule has 7 nitrogen and oxygen atoms in total. The number of nitrogens with one attached hydrogen (secondary N) is 3. The van der Waals surface area contributed by atoms with Crippen LogP contribution in [0.25, 0.3) is 0 Å². The molecule has 0 radical (unpaired) electrons. The van der Waals surface area contributed by atoms with Crippen LogP contribution in [-0.2, 0) is 9.53 Å². The van der Waals surface area contributed by atoms with Crippen molar-refractivity contribution in [3.8, 4) is 0 Å². The summed E-state index contributed by atoms with van der Waals surface area (Å²) >= 11 is 0. The Morgan fingerprint density at radius 3 is 2.57 bits per heavy atom. The first-order chi connectivity index (χ1) is 10.1. The van der Waals surface area contributed by atoms with Gasteiger partial charge in [-0.3, -0.25) is 14.9 Å². The van der Waals surface area contributed by atoms with Crippen molar-refractivity contribution < 1.29 is 19.1 Å². The first kappa shape index (κ1) is 16.5. The highest BCUT2D eigenvalue weighted by Crippen LogP contribution is 2.10. The van der Waals surface area contributed by atoms with Crippen molar-refractivity contribution in [2.45, 2.75) is 13.8 Å². The zero-order valence-corrected chi connectivity index (χ0v) is 12.1. The third kappa shape index (κ3) is 5.94. The van der Waals surface area contributed by atoms with Crippen LogP contribution in [0.2, 0.25) is 0 Å². The van der Waals surface area contributed by atoms with Gasteiger partial charge in [0, 0.05) is 17.8 Å². The quantitative estimate of drug-likeness (QED) is 0.732. The van der Waals surface area contributed by atoms with E-state index >= 15 is 0 Å². The molecule has 21 heavy (non-hydrogen) atoms. The lowest BCUT2D eigenvalue weighted by atomic mass is 10.2. The molecule has 0 saturated heterocycles. The van der Waals surface area contributed by atoms with Gasteiger partial charge in [-0.1, -0.05) is 6.07 Å². The highest BCUT2D eigenvalue weighted by atomic mass is 16.5. The number of anilines is 1. The van der Waals surface area contributed by atoms with Gasteiger partial charge < -0.3 is 15.4 Å². The molecule has 0 fully saturated rings. The minimum Gasteiger partial charge on any atom is -0.450 e. The van der Waals surface area contributed by atoms with E-state index in [1.54, 1.807) is 32.0 Å². The Balaban J connectivity index is 2.60. The van der Waals surface area contributed by atoms with Crippen LogP contribution in [0.4, 0.5) is 10.5 Å². The van der Waals surface area contributed by atoms with Crippen LogP contribution in [0.15, 0.2) is 24.3 Å². The average Bonchev–Trinajstić information content (AvgIpc) is 2.45. The van der Waals surface area contributed by atoms with E-state index in [-0.39, 0.29) is 19.1 Å². The number of carbonyl (C=O) groups is 3. The molecule has 3 N–H and O–H groups in total. The van der Waals surface area contributed by atoms with Gasteiger partial charge in [0.25, 0.3) is 5.91 Å². The summed E-state index contributed by atoms with van der Waals surface area (Å²) in [7, 11) is 0. The molecule has 1 aromatic rings. The zero-order chi connectivity index (χ0) is 15.7. The molecule has 0 aromatic heterocycles. The van der Waals surface area contributed by atoms with Crippen LogP contribution in [0.1, 0.15) is 24.2 Å². The van der Waals surface area contributed by atoms with Gasteiger partial charge in [-0.15, -0.1) is 0 Å². The van der Waals surface area contributed by atoms with Gasteiger partial charge in [0.1, 0.15) is 0 Å². The molecule has 3 amide bonds. The monoisotopic (exact) mass is 293 g/mol. The second kappa shape index (κ2) is 8.57. The largest absolute Gasteiger partial charge is 0.450 e. The lowest BCUT2D eigenvalue weighted by Gasteiger charge is -2.08. The number of amides is 3. The van der Waals surface area contributed by atoms with Gasteiger partial charge in [-0.2, -0.15) is 0 Å². The van der Waals surface area contributed by atoms with Crippen molar-refractivity contribution >= 4 is 23.6 Å². The third-order valence-electron chi connectivity index (χ3n) is 2.43. The van der Waals surface area contributed by atoms with Crippen LogP contribution in [0.3, 0.4) is 0 Å². The number of benzene rings is 1. The average molecular weight is 293 g/mol. The molecule has 0 atom stereocenters. The van der Waals surface area contributed by atoms with Crippen molar-refractivity contribution in [3.05, 3.63) is 29.8 Å². The van der Waals surface area contributed by atoms with Gasteiger partial charge >= 0.3 is 6.09 Å². The molecule has 0 heterocycles. The number of rotatable bonds is 6. The predicted molar refractivity (Wildman–Crippen MR) is 78.1 cm³/mol. The van der Waals surface area contributed by atoms with E-state index in [2.05, 4.69) is 16.0 Å². The fraction of sp³-hybridized carbons (Fsp3) is 0.357. The minimum atomic E-state index is -0.586. The maximum atomic E-state index is 11.9. The number of carbonyl (C=O) groups excluding carboxylic acids is 3. The number of hydrogen-bond donors (Lipinski definition) is 3. The van der Waals surface area contributed by atoms with Crippen LogP contribution >= 0.6 is 0 Å². The third-order valence-corrected chi connectivity index (χ3v) is 2.43. The van der Waals surface area contributed by atoms with E-state index in [0.29, 0.717) is 17.8 Å². The molecule has 114 valence electrons. The highest BCUT2D eigenvalue weighted by molar-refractivity contribution is 5.98. The highest BCUT2D eigenvalue weighted by Gasteiger charge is 2.09. The molecule has 0 spiro atoms. The summed E-state index contributed by atoms with van der Waals surface area (Å²) in [6, 6.07) is 6.35. The van der Waals surface area contributed by atoms with Crippen molar-refractivity contribution in [2.75, 3.05) is 25.0 Å². The Kier molecular flexibility index (Phi) is 6.73. The summed E-state index contributed by atoms with van der Waals surface area (Å²) < 4.78 is 4.75. The fourth-order valence-corrected chi connectivity index (χ4v) is 1.55. The molecule has 0 aliphatic heterocycles. The first-order valence-electron chi connectivity index (χ1n) is 6.65. The Bertz CT molecular complexity index is 517. The maximum absolute atomic E-state index is 11.9. The maximum Gasteiger partial charge on any atom is 0.411 e. The second-order valence-electron chi connectivity index (χ2n) is 4.06. The second-order valence-corrected chi connectivity index (χ2v) is 4.06. The van der Waals surface area contributed by atoms with E-state index in [0.717, 1.165) is 0 Å². The summed E-state index contributed by atoms with van der Waals surface area (Å²) in [5.41, 5.74) is 0.785. The number of ether oxygens (including phenoxy) is 1. The van der Waals surface area contributed by atoms with Gasteiger partial charge in [-0.25, -0.2) is 4.79 Å². The molecule has 0 unspecified atom stereocenters. The molecule has 0 aliphatic carbocycles. The van der Waals surface area contributed by atoms with Crippen LogP contribution in [0.5, 0.6) is 0 Å². The normalized spacial score (nSPS) is 9.62. The van der Waals surface area contributed by atoms with Crippen LogP contribution < -0.4 is 16.0 Å². The van der Waals surface area contributed by atoms with Gasteiger partial charge in [0.15, 0.2) is 0 Å². The van der Waals surface area contributed by atoms with E-state index < -0.39 is 12.0 Å². The molecule has 0 bridgehead atoms. The topological polar surface area (TPSA) is 96.5 Å². The Hall–Kier alpha value is -2.57. The van der Waals surface area contributed by atoms with Crippen molar-refractivity contribution in [2.24, 2.45) is 0 Å². The van der Waals surface area contributed by atoms with Crippen LogP contribution in [-0.4, -0.2) is 37.6 Å². The summed E-state index contributed by atoms with van der Waals surface area (Å²) in [6.07, 6.45) is -0.586. The molecule has 0 saturated carbocycles. The van der Waals surface area contributed by atoms with Gasteiger partial charge in [0.2, 0.25) is 5.91 Å². The van der Waals surface area contributed by atoms with E-state index in [4.69, 9.17) is 4.74 Å². The molecular formula is C14H19N3O4. The van der Waals surface area contributed by atoms with E-state index in [1.165, 1.54) is 6.07 Å². The Labute approximate surface area is 123 Å². The summed E-state index contributed by atoms with van der Waals surface area (Å²) in [6.45, 7) is 4.17. The summed E-state index contributed by atoms with van der Waals surface area (Å²) in [5.74, 6) is -0.652. The fourth-order valence-electron chi connectivity index (χ4n) is 1.55. The van der Waals surface area contributed by atoms with Crippen molar-refractivity contribution in [1.29, 1.82) is 0 Å². The summed E-state index contributed by atoms with van der Waals surface area (Å²) in [5, 5.41) is 7.57. The van der Waals surface area contributed by atoms with Gasteiger partial charge in [-0.05, 0) is 32.0 Å². The lowest BCUT2D eigenvalue weighted by Crippen LogP contribution is -2.36. The first-order valence-corrected chi connectivity index (χ1v) is 6.65. The van der Waals surface area contributed by atoms with Crippen molar-refractivity contribution in [3.63, 3.8) is 0 Å². The summed E-state index contributed by atoms with van der Waals surface area (Å²) in [4.78, 5) is 34.4. The number of hydrogen-bond acceptors (Lipinski definition) is 4. The lowest BCUT2D eigenvalue weighted by molar-refractivity contribution is -0.120. The molecule has 7 heteroatoms. The molecular weight excluding hydrogens is 274 g/mol. The zero-order valence-electron chi connectivity index (χ0n) is 12.1. The van der Waals surface area contributed by atoms with Crippen molar-refractivity contribution in [1.82, 2.24) is 10.6 Å². The minimum absolute atomic E-state index is 0.0950. The SMILES string of the molecule is CCNC(=O)CNC(=O)c1cccc(NC(=O)OCC)c1. The smallest absolute Gasteiger partial charge is 0.411 e. The predicted octanol–water partition coefficient (Wildman–Crippen LogP) is 1.12. The number of likely N-dealkylation sites (N-methyl/N-ethyl adjacent to an activating group) is 1. The Morgan fingerprint density at radius 2 is 1.90 bits per heavy atom. The van der Waals surface area contributed by atoms with Gasteiger partial charge in [0.05, 0.1) is 13.2 Å². The standard InChI is InChI=1S/C14H19N3O4/c1-3-15-12(18)9-16-13(19)10-6-5-7-11(8-10)17-14(20)21-4-2/h5-8H,3-4,9H2,1-2H3,(H,15,18)(H,16,19)(H,17,20). The van der Waals surface area contributed by atoms with E-state index in [9.17, 15) is 14.4 Å². The van der Waals surface area contributed by atoms with Crippen LogP contribution in [0, 0.1) is 0 Å². The Morgan fingerprint density at radius 1 is 1.14 bits per heavy atom. The van der Waals surface area contributed by atoms with E-state index in [1.807, 2.05) is 0 Å². The molecule has 1 rings (SSSR count). The molecule has 1 aromatic carbocycles. The molecule has 0 aliphatic rings.